The van der Waals surface area contributed by atoms with Crippen molar-refractivity contribution >= 4 is 0 Å². The number of hydrogen-bond acceptors (Lipinski definition) is 1. The van der Waals surface area contributed by atoms with Gasteiger partial charge in [0.1, 0.15) is 0 Å². The van der Waals surface area contributed by atoms with Gasteiger partial charge in [0.05, 0.1) is 0 Å². The molecule has 1 atom stereocenters. The summed E-state index contributed by atoms with van der Waals surface area (Å²) in [6.45, 7) is 6.60. The fourth-order valence-electron chi connectivity index (χ4n) is 3.07. The molecular weight excluding hydrogens is 254 g/mol. The van der Waals surface area contributed by atoms with Crippen LogP contribution in [0.25, 0.3) is 0 Å². The number of benzene rings is 1. The molecule has 1 nitrogen and oxygen atoms in total. The lowest BCUT2D eigenvalue weighted by Gasteiger charge is -2.15. The molecule has 0 fully saturated rings. The minimum absolute atomic E-state index is 0.218. The van der Waals surface area contributed by atoms with Crippen molar-refractivity contribution in [1.82, 2.24) is 0 Å². The lowest BCUT2D eigenvalue weighted by atomic mass is 9.95. The van der Waals surface area contributed by atoms with Crippen molar-refractivity contribution < 1.29 is 0 Å². The quantitative estimate of drug-likeness (QED) is 0.480. The summed E-state index contributed by atoms with van der Waals surface area (Å²) in [5, 5.41) is 0. The summed E-state index contributed by atoms with van der Waals surface area (Å²) in [4.78, 5) is 0. The molecule has 0 radical (unpaired) electrons. The predicted molar refractivity (Wildman–Crippen MR) is 94.7 cm³/mol. The van der Waals surface area contributed by atoms with Crippen LogP contribution in [0, 0.1) is 13.8 Å². The normalized spacial score (nSPS) is 12.6. The van der Waals surface area contributed by atoms with Crippen LogP contribution in [0.15, 0.2) is 18.2 Å². The molecule has 1 unspecified atom stereocenters. The number of rotatable bonds is 11. The lowest BCUT2D eigenvalue weighted by molar-refractivity contribution is 0.531. The van der Waals surface area contributed by atoms with Gasteiger partial charge in [0, 0.05) is 6.04 Å². The Morgan fingerprint density at radius 3 is 2.00 bits per heavy atom. The second kappa shape index (κ2) is 10.8. The molecule has 21 heavy (non-hydrogen) atoms. The second-order valence-electron chi connectivity index (χ2n) is 6.58. The Bertz CT molecular complexity index is 383. The molecule has 0 aliphatic carbocycles. The summed E-state index contributed by atoms with van der Waals surface area (Å²) in [5.41, 5.74) is 10.3. The molecule has 0 aromatic heterocycles. The zero-order chi connectivity index (χ0) is 15.5. The van der Waals surface area contributed by atoms with Crippen LogP contribution in [0.5, 0.6) is 0 Å². The third-order valence-corrected chi connectivity index (χ3v) is 4.44. The highest BCUT2D eigenvalue weighted by Gasteiger charge is 2.08. The van der Waals surface area contributed by atoms with E-state index in [1.807, 2.05) is 0 Å². The summed E-state index contributed by atoms with van der Waals surface area (Å²) in [6.07, 6.45) is 13.5. The van der Waals surface area contributed by atoms with Crippen molar-refractivity contribution in [2.45, 2.75) is 91.0 Å². The molecule has 1 aromatic rings. The van der Waals surface area contributed by atoms with Gasteiger partial charge in [-0.1, -0.05) is 88.5 Å². The van der Waals surface area contributed by atoms with E-state index in [0.29, 0.717) is 0 Å². The van der Waals surface area contributed by atoms with Gasteiger partial charge in [-0.05, 0) is 31.4 Å². The van der Waals surface area contributed by atoms with Gasteiger partial charge in [0.2, 0.25) is 0 Å². The van der Waals surface area contributed by atoms with E-state index in [4.69, 9.17) is 5.73 Å². The van der Waals surface area contributed by atoms with Crippen LogP contribution in [0.3, 0.4) is 0 Å². The van der Waals surface area contributed by atoms with Crippen LogP contribution < -0.4 is 5.73 Å². The van der Waals surface area contributed by atoms with Gasteiger partial charge < -0.3 is 5.73 Å². The van der Waals surface area contributed by atoms with Gasteiger partial charge in [-0.15, -0.1) is 0 Å². The highest BCUT2D eigenvalue weighted by atomic mass is 14.6. The van der Waals surface area contributed by atoms with Crippen molar-refractivity contribution in [3.8, 4) is 0 Å². The van der Waals surface area contributed by atoms with E-state index in [9.17, 15) is 0 Å². The average Bonchev–Trinajstić information content (AvgIpc) is 2.45. The maximum atomic E-state index is 6.34. The molecule has 0 saturated carbocycles. The SMILES string of the molecule is CCCCCCCCCCCC(N)c1ccc(C)cc1C. The first-order chi connectivity index (χ1) is 10.1. The fourth-order valence-corrected chi connectivity index (χ4v) is 3.07. The highest BCUT2D eigenvalue weighted by Crippen LogP contribution is 2.22. The molecule has 0 aliphatic heterocycles. The zero-order valence-electron chi connectivity index (χ0n) is 14.5. The summed E-state index contributed by atoms with van der Waals surface area (Å²) >= 11 is 0. The van der Waals surface area contributed by atoms with Crippen molar-refractivity contribution in [1.29, 1.82) is 0 Å². The Morgan fingerprint density at radius 2 is 1.43 bits per heavy atom. The first-order valence-electron chi connectivity index (χ1n) is 8.98. The number of unbranched alkanes of at least 4 members (excludes halogenated alkanes) is 8. The Hall–Kier alpha value is -0.820. The Morgan fingerprint density at radius 1 is 0.857 bits per heavy atom. The maximum Gasteiger partial charge on any atom is 0.0297 e. The van der Waals surface area contributed by atoms with Gasteiger partial charge in [0.25, 0.3) is 0 Å². The van der Waals surface area contributed by atoms with Crippen molar-refractivity contribution in [2.75, 3.05) is 0 Å². The Balaban J connectivity index is 2.09. The first-order valence-corrected chi connectivity index (χ1v) is 8.98. The minimum Gasteiger partial charge on any atom is -0.324 e. The van der Waals surface area contributed by atoms with E-state index >= 15 is 0 Å². The molecule has 1 heteroatoms. The number of aryl methyl sites for hydroxylation is 2. The van der Waals surface area contributed by atoms with Crippen LogP contribution >= 0.6 is 0 Å². The largest absolute Gasteiger partial charge is 0.324 e. The molecule has 1 rings (SSSR count). The number of hydrogen-bond donors (Lipinski definition) is 1. The van der Waals surface area contributed by atoms with Crippen molar-refractivity contribution in [3.63, 3.8) is 0 Å². The van der Waals surface area contributed by atoms with Gasteiger partial charge in [-0.25, -0.2) is 0 Å². The van der Waals surface area contributed by atoms with Crippen LogP contribution in [-0.4, -0.2) is 0 Å². The third-order valence-electron chi connectivity index (χ3n) is 4.44. The molecule has 120 valence electrons. The summed E-state index contributed by atoms with van der Waals surface area (Å²) in [7, 11) is 0. The standard InChI is InChI=1S/C20H35N/c1-4-5-6-7-8-9-10-11-12-13-20(21)19-15-14-17(2)16-18(19)3/h14-16,20H,4-13,21H2,1-3H3. The highest BCUT2D eigenvalue weighted by molar-refractivity contribution is 5.32. The fraction of sp³-hybridized carbons (Fsp3) is 0.700. The zero-order valence-corrected chi connectivity index (χ0v) is 14.5. The second-order valence-corrected chi connectivity index (χ2v) is 6.58. The van der Waals surface area contributed by atoms with Crippen LogP contribution in [0.1, 0.15) is 93.9 Å². The number of nitrogens with two attached hydrogens (primary N) is 1. The molecule has 0 aliphatic rings. The summed E-state index contributed by atoms with van der Waals surface area (Å²) < 4.78 is 0. The third kappa shape index (κ3) is 7.66. The molecule has 0 heterocycles. The predicted octanol–water partition coefficient (Wildman–Crippen LogP) is 6.22. The smallest absolute Gasteiger partial charge is 0.0297 e. The van der Waals surface area contributed by atoms with E-state index in [1.54, 1.807) is 0 Å². The molecule has 0 spiro atoms. The Kier molecular flexibility index (Phi) is 9.41. The molecule has 2 N–H and O–H groups in total. The van der Waals surface area contributed by atoms with E-state index in [0.717, 1.165) is 6.42 Å². The average molecular weight is 290 g/mol. The minimum atomic E-state index is 0.218. The molecule has 0 saturated heterocycles. The summed E-state index contributed by atoms with van der Waals surface area (Å²) in [5.74, 6) is 0. The van der Waals surface area contributed by atoms with Gasteiger partial charge >= 0.3 is 0 Å². The van der Waals surface area contributed by atoms with Crippen LogP contribution in [0.2, 0.25) is 0 Å². The topological polar surface area (TPSA) is 26.0 Å². The van der Waals surface area contributed by atoms with E-state index in [2.05, 4.69) is 39.0 Å². The van der Waals surface area contributed by atoms with E-state index in [-0.39, 0.29) is 6.04 Å². The maximum absolute atomic E-state index is 6.34. The molecule has 1 aromatic carbocycles. The van der Waals surface area contributed by atoms with Gasteiger partial charge in [-0.3, -0.25) is 0 Å². The summed E-state index contributed by atoms with van der Waals surface area (Å²) in [6, 6.07) is 6.85. The monoisotopic (exact) mass is 289 g/mol. The van der Waals surface area contributed by atoms with Crippen molar-refractivity contribution in [3.05, 3.63) is 34.9 Å². The molecule has 0 amide bonds. The Labute approximate surface area is 132 Å². The van der Waals surface area contributed by atoms with Crippen molar-refractivity contribution in [2.24, 2.45) is 5.73 Å². The van der Waals surface area contributed by atoms with Crippen LogP contribution in [0.4, 0.5) is 0 Å². The lowest BCUT2D eigenvalue weighted by Crippen LogP contribution is -2.11. The van der Waals surface area contributed by atoms with Crippen LogP contribution in [-0.2, 0) is 0 Å². The van der Waals surface area contributed by atoms with Gasteiger partial charge in [-0.2, -0.15) is 0 Å². The first kappa shape index (κ1) is 18.2. The van der Waals surface area contributed by atoms with E-state index in [1.165, 1.54) is 74.5 Å². The molecule has 0 bridgehead atoms. The van der Waals surface area contributed by atoms with E-state index < -0.39 is 0 Å². The van der Waals surface area contributed by atoms with Gasteiger partial charge in [0.15, 0.2) is 0 Å². The molecular formula is C20H35N.